The molecular weight excluding hydrogens is 190 g/mol. The monoisotopic (exact) mass is 200 g/mol. The van der Waals surface area contributed by atoms with Crippen molar-refractivity contribution >= 4 is 10.1 Å². The van der Waals surface area contributed by atoms with E-state index >= 15 is 0 Å². The molecule has 0 atom stereocenters. The van der Waals surface area contributed by atoms with E-state index in [1.807, 2.05) is 6.92 Å². The zero-order chi connectivity index (χ0) is 9.90. The van der Waals surface area contributed by atoms with Crippen LogP contribution in [0.2, 0.25) is 0 Å². The molecule has 0 aliphatic carbocycles. The van der Waals surface area contributed by atoms with Gasteiger partial charge in [-0.05, 0) is 18.6 Å². The summed E-state index contributed by atoms with van der Waals surface area (Å²) in [5.74, 6) is -0.377. The number of nitrogens with zero attached hydrogens (tertiary/aromatic N) is 1. The smallest absolute Gasteiger partial charge is 0.265 e. The number of hydrogen-bond donors (Lipinski definition) is 1. The van der Waals surface area contributed by atoms with Crippen LogP contribution in [0.25, 0.3) is 0 Å². The molecule has 4 nitrogen and oxygen atoms in total. The van der Waals surface area contributed by atoms with Crippen LogP contribution in [0.15, 0.2) is 18.3 Å². The van der Waals surface area contributed by atoms with Gasteiger partial charge in [0, 0.05) is 18.3 Å². The molecule has 1 aromatic rings. The third kappa shape index (κ3) is 4.00. The van der Waals surface area contributed by atoms with E-state index in [2.05, 4.69) is 4.98 Å². The van der Waals surface area contributed by atoms with E-state index in [4.69, 9.17) is 4.55 Å². The van der Waals surface area contributed by atoms with Crippen molar-refractivity contribution in [2.45, 2.75) is 6.92 Å². The summed E-state index contributed by atoms with van der Waals surface area (Å²) in [6, 6.07) is 3.52. The molecule has 0 saturated heterocycles. The molecule has 1 heterocycles. The van der Waals surface area contributed by atoms with Crippen LogP contribution in [-0.2, 0) is 10.1 Å². The van der Waals surface area contributed by atoms with Gasteiger partial charge >= 0.3 is 0 Å². The maximum atomic E-state index is 10.4. The fourth-order valence-electron chi connectivity index (χ4n) is 0.802. The molecule has 0 amide bonds. The molecule has 0 aliphatic heterocycles. The molecule has 0 aliphatic rings. The van der Waals surface area contributed by atoms with Crippen molar-refractivity contribution in [1.82, 2.24) is 4.98 Å². The van der Waals surface area contributed by atoms with Gasteiger partial charge < -0.3 is 0 Å². The lowest BCUT2D eigenvalue weighted by molar-refractivity contribution is 0.486. The minimum atomic E-state index is -3.92. The minimum Gasteiger partial charge on any atom is -0.286 e. The van der Waals surface area contributed by atoms with Crippen molar-refractivity contribution < 1.29 is 13.0 Å². The van der Waals surface area contributed by atoms with Crippen LogP contribution in [0.3, 0.4) is 0 Å². The highest BCUT2D eigenvalue weighted by Crippen LogP contribution is 2.03. The van der Waals surface area contributed by atoms with Crippen LogP contribution in [-0.4, -0.2) is 23.7 Å². The van der Waals surface area contributed by atoms with Crippen LogP contribution in [0.4, 0.5) is 0 Å². The molecule has 1 rings (SSSR count). The summed E-state index contributed by atoms with van der Waals surface area (Å²) in [6.07, 6.45) is 2.96. The summed E-state index contributed by atoms with van der Waals surface area (Å²) in [7, 11) is -3.92. The highest BCUT2D eigenvalue weighted by atomic mass is 32.2. The highest BCUT2D eigenvalue weighted by Gasteiger charge is 2.04. The van der Waals surface area contributed by atoms with Gasteiger partial charge in [-0.15, -0.1) is 0 Å². The summed E-state index contributed by atoms with van der Waals surface area (Å²) in [5.41, 5.74) is 1.55. The second-order valence-electron chi connectivity index (χ2n) is 2.69. The number of rotatable bonds is 3. The van der Waals surface area contributed by atoms with Crippen molar-refractivity contribution in [3.63, 3.8) is 0 Å². The standard InChI is InChI=1S/C8H10NO3S/c1-7-2-3-8(6-9-7)4-5-13(10,11)12/h2-4,6H,5H2,1H3,(H,10,11,12). The molecule has 0 aromatic carbocycles. The van der Waals surface area contributed by atoms with Gasteiger partial charge in [0.25, 0.3) is 10.1 Å². The van der Waals surface area contributed by atoms with E-state index < -0.39 is 10.1 Å². The molecule has 1 N–H and O–H groups in total. The summed E-state index contributed by atoms with van der Waals surface area (Å²) in [6.45, 7) is 1.84. The summed E-state index contributed by atoms with van der Waals surface area (Å²) in [4.78, 5) is 3.97. The highest BCUT2D eigenvalue weighted by molar-refractivity contribution is 7.85. The lowest BCUT2D eigenvalue weighted by atomic mass is 10.2. The largest absolute Gasteiger partial charge is 0.286 e. The molecule has 0 fully saturated rings. The van der Waals surface area contributed by atoms with E-state index in [0.29, 0.717) is 5.56 Å². The summed E-state index contributed by atoms with van der Waals surface area (Å²) < 4.78 is 29.2. The fraction of sp³-hybridized carbons (Fsp3) is 0.250. The Kier molecular flexibility index (Phi) is 3.00. The molecular formula is C8H10NO3S. The molecule has 0 unspecified atom stereocenters. The van der Waals surface area contributed by atoms with Crippen molar-refractivity contribution in [3.8, 4) is 0 Å². The van der Waals surface area contributed by atoms with Crippen LogP contribution in [0.1, 0.15) is 11.3 Å². The molecule has 0 bridgehead atoms. The summed E-state index contributed by atoms with van der Waals surface area (Å²) >= 11 is 0. The number of aromatic nitrogens is 1. The Hall–Kier alpha value is -0.940. The number of hydrogen-bond acceptors (Lipinski definition) is 3. The number of aryl methyl sites for hydroxylation is 1. The van der Waals surface area contributed by atoms with Crippen LogP contribution in [0, 0.1) is 13.3 Å². The molecule has 1 radical (unpaired) electrons. The van der Waals surface area contributed by atoms with E-state index in [1.54, 1.807) is 18.3 Å². The lowest BCUT2D eigenvalue weighted by Crippen LogP contribution is -2.04. The van der Waals surface area contributed by atoms with Gasteiger partial charge in [0.2, 0.25) is 0 Å². The van der Waals surface area contributed by atoms with Gasteiger partial charge in [0.1, 0.15) is 0 Å². The minimum absolute atomic E-state index is 0.377. The Morgan fingerprint density at radius 2 is 2.23 bits per heavy atom. The van der Waals surface area contributed by atoms with E-state index in [9.17, 15) is 8.42 Å². The average Bonchev–Trinajstić information content (AvgIpc) is 2.02. The predicted molar refractivity (Wildman–Crippen MR) is 48.8 cm³/mol. The second kappa shape index (κ2) is 3.85. The topological polar surface area (TPSA) is 67.3 Å². The first-order chi connectivity index (χ1) is 5.97. The maximum absolute atomic E-state index is 10.4. The molecule has 5 heteroatoms. The SMILES string of the molecule is Cc1ccc([CH]CS(=O)(=O)O)cn1. The van der Waals surface area contributed by atoms with E-state index in [1.165, 1.54) is 6.42 Å². The van der Waals surface area contributed by atoms with Gasteiger partial charge in [0.05, 0.1) is 5.75 Å². The zero-order valence-corrected chi connectivity index (χ0v) is 7.95. The normalized spacial score (nSPS) is 11.5. The van der Waals surface area contributed by atoms with Gasteiger partial charge in [0.15, 0.2) is 0 Å². The van der Waals surface area contributed by atoms with E-state index in [0.717, 1.165) is 5.69 Å². The molecule has 1 aromatic heterocycles. The third-order valence-corrected chi connectivity index (χ3v) is 2.05. The Morgan fingerprint density at radius 1 is 1.54 bits per heavy atom. The van der Waals surface area contributed by atoms with Gasteiger partial charge in [-0.1, -0.05) is 6.07 Å². The van der Waals surface area contributed by atoms with Crippen molar-refractivity contribution in [2.24, 2.45) is 0 Å². The first-order valence-electron chi connectivity index (χ1n) is 3.68. The van der Waals surface area contributed by atoms with Crippen molar-refractivity contribution in [1.29, 1.82) is 0 Å². The molecule has 13 heavy (non-hydrogen) atoms. The zero-order valence-electron chi connectivity index (χ0n) is 7.14. The lowest BCUT2D eigenvalue weighted by Gasteiger charge is -1.98. The van der Waals surface area contributed by atoms with Gasteiger partial charge in [-0.25, -0.2) is 0 Å². The quantitative estimate of drug-likeness (QED) is 0.734. The Balaban J connectivity index is 2.61. The fourth-order valence-corrected chi connectivity index (χ4v) is 1.20. The van der Waals surface area contributed by atoms with Gasteiger partial charge in [-0.3, -0.25) is 9.54 Å². The molecule has 71 valence electrons. The first kappa shape index (κ1) is 10.1. The Bertz CT molecular complexity index is 369. The predicted octanol–water partition coefficient (Wildman–Crippen LogP) is 0.830. The molecule has 0 spiro atoms. The third-order valence-electron chi connectivity index (χ3n) is 1.46. The van der Waals surface area contributed by atoms with Crippen LogP contribution >= 0.6 is 0 Å². The maximum Gasteiger partial charge on any atom is 0.265 e. The summed E-state index contributed by atoms with van der Waals surface area (Å²) in [5, 5.41) is 0. The van der Waals surface area contributed by atoms with Gasteiger partial charge in [-0.2, -0.15) is 8.42 Å². The second-order valence-corrected chi connectivity index (χ2v) is 4.18. The Labute approximate surface area is 77.4 Å². The van der Waals surface area contributed by atoms with Crippen LogP contribution < -0.4 is 0 Å². The number of pyridine rings is 1. The van der Waals surface area contributed by atoms with Crippen LogP contribution in [0.5, 0.6) is 0 Å². The average molecular weight is 200 g/mol. The first-order valence-corrected chi connectivity index (χ1v) is 5.29. The van der Waals surface area contributed by atoms with E-state index in [-0.39, 0.29) is 5.75 Å². The van der Waals surface area contributed by atoms with Crippen molar-refractivity contribution in [3.05, 3.63) is 36.0 Å². The van der Waals surface area contributed by atoms with Crippen molar-refractivity contribution in [2.75, 3.05) is 5.75 Å². The molecule has 0 saturated carbocycles. The Morgan fingerprint density at radius 3 is 2.69 bits per heavy atom.